The zero-order chi connectivity index (χ0) is 13.8. The Morgan fingerprint density at radius 1 is 1.42 bits per heavy atom. The Morgan fingerprint density at radius 2 is 2.21 bits per heavy atom. The van der Waals surface area contributed by atoms with Crippen molar-refractivity contribution < 1.29 is 9.53 Å². The molecule has 0 radical (unpaired) electrons. The highest BCUT2D eigenvalue weighted by Gasteiger charge is 2.07. The predicted octanol–water partition coefficient (Wildman–Crippen LogP) is 1.79. The molecule has 0 unspecified atom stereocenters. The third-order valence-corrected chi connectivity index (χ3v) is 3.22. The van der Waals surface area contributed by atoms with Crippen LogP contribution in [0.5, 0.6) is 0 Å². The predicted molar refractivity (Wildman–Crippen MR) is 76.2 cm³/mol. The molecule has 4 heteroatoms. The summed E-state index contributed by atoms with van der Waals surface area (Å²) >= 11 is 0. The van der Waals surface area contributed by atoms with Gasteiger partial charge in [0.05, 0.1) is 0 Å². The number of benzene rings is 1. The van der Waals surface area contributed by atoms with Crippen LogP contribution in [0, 0.1) is 6.92 Å². The zero-order valence-corrected chi connectivity index (χ0v) is 11.7. The van der Waals surface area contributed by atoms with Gasteiger partial charge in [0, 0.05) is 37.8 Å². The summed E-state index contributed by atoms with van der Waals surface area (Å²) < 4.78 is 6.91. The third-order valence-electron chi connectivity index (χ3n) is 3.22. The molecule has 0 bridgehead atoms. The molecule has 1 heterocycles. The van der Waals surface area contributed by atoms with Crippen LogP contribution in [0.1, 0.15) is 11.1 Å². The average molecular weight is 260 g/mol. The molecule has 2 rings (SSSR count). The molecule has 0 saturated carbocycles. The summed E-state index contributed by atoms with van der Waals surface area (Å²) in [6.45, 7) is 2.85. The molecule has 2 aromatic rings. The molecule has 4 nitrogen and oxygen atoms in total. The van der Waals surface area contributed by atoms with E-state index in [4.69, 9.17) is 4.74 Å². The van der Waals surface area contributed by atoms with Crippen molar-refractivity contribution in [3.8, 4) is 0 Å². The maximum absolute atomic E-state index is 11.3. The largest absolute Gasteiger partial charge is 0.375 e. The molecule has 0 aliphatic rings. The number of nitrogens with zero attached hydrogens (tertiary/aromatic N) is 1. The van der Waals surface area contributed by atoms with Gasteiger partial charge in [-0.05, 0) is 31.0 Å². The molecule has 0 spiro atoms. The number of aromatic nitrogens is 1. The minimum absolute atomic E-state index is 0.0704. The number of hydrogen-bond donors (Lipinski definition) is 1. The first-order chi connectivity index (χ1) is 9.11. The van der Waals surface area contributed by atoms with Crippen molar-refractivity contribution in [2.24, 2.45) is 7.05 Å². The van der Waals surface area contributed by atoms with Crippen LogP contribution in [0.15, 0.2) is 24.4 Å². The van der Waals surface area contributed by atoms with Gasteiger partial charge in [-0.3, -0.25) is 4.79 Å². The van der Waals surface area contributed by atoms with Gasteiger partial charge in [0.25, 0.3) is 0 Å². The topological polar surface area (TPSA) is 43.3 Å². The molecule has 0 fully saturated rings. The lowest BCUT2D eigenvalue weighted by molar-refractivity contribution is -0.124. The fourth-order valence-corrected chi connectivity index (χ4v) is 2.31. The molecule has 102 valence electrons. The number of aryl methyl sites for hydroxylation is 2. The Bertz CT molecular complexity index is 587. The number of rotatable bonds is 5. The number of fused-ring (bicyclic) bond motifs is 1. The van der Waals surface area contributed by atoms with Crippen molar-refractivity contribution in [1.29, 1.82) is 0 Å². The van der Waals surface area contributed by atoms with Crippen molar-refractivity contribution in [3.63, 3.8) is 0 Å². The van der Waals surface area contributed by atoms with Crippen LogP contribution < -0.4 is 5.32 Å². The lowest BCUT2D eigenvalue weighted by Crippen LogP contribution is -2.28. The first kappa shape index (κ1) is 13.6. The quantitative estimate of drug-likeness (QED) is 0.890. The van der Waals surface area contributed by atoms with Gasteiger partial charge in [-0.25, -0.2) is 0 Å². The molecular weight excluding hydrogens is 240 g/mol. The van der Waals surface area contributed by atoms with E-state index in [0.29, 0.717) is 6.54 Å². The fraction of sp³-hybridized carbons (Fsp3) is 0.400. The van der Waals surface area contributed by atoms with Gasteiger partial charge in [-0.15, -0.1) is 0 Å². The molecule has 0 aliphatic carbocycles. The summed E-state index contributed by atoms with van der Waals surface area (Å²) in [7, 11) is 3.57. The van der Waals surface area contributed by atoms with Crippen molar-refractivity contribution in [2.45, 2.75) is 13.3 Å². The first-order valence-electron chi connectivity index (χ1n) is 6.42. The van der Waals surface area contributed by atoms with E-state index in [1.165, 1.54) is 29.1 Å². The number of ether oxygens (including phenoxy) is 1. The highest BCUT2D eigenvalue weighted by molar-refractivity contribution is 5.84. The van der Waals surface area contributed by atoms with Gasteiger partial charge < -0.3 is 14.6 Å². The van der Waals surface area contributed by atoms with E-state index in [1.807, 2.05) is 7.05 Å². The fourth-order valence-electron chi connectivity index (χ4n) is 2.31. The Morgan fingerprint density at radius 3 is 2.95 bits per heavy atom. The summed E-state index contributed by atoms with van der Waals surface area (Å²) in [4.78, 5) is 11.3. The summed E-state index contributed by atoms with van der Waals surface area (Å²) in [6.07, 6.45) is 2.96. The Hall–Kier alpha value is -1.81. The number of amides is 1. The third kappa shape index (κ3) is 3.15. The lowest BCUT2D eigenvalue weighted by atomic mass is 10.1. The van der Waals surface area contributed by atoms with Gasteiger partial charge >= 0.3 is 0 Å². The number of nitrogens with one attached hydrogen (secondary N) is 1. The van der Waals surface area contributed by atoms with Crippen molar-refractivity contribution >= 4 is 16.8 Å². The van der Waals surface area contributed by atoms with Gasteiger partial charge in [-0.2, -0.15) is 0 Å². The van der Waals surface area contributed by atoms with E-state index < -0.39 is 0 Å². The van der Waals surface area contributed by atoms with Crippen LogP contribution in [0.2, 0.25) is 0 Å². The minimum Gasteiger partial charge on any atom is -0.375 e. The SMILES string of the molecule is COCC(=O)NCCc1cn(C)c2ccc(C)cc12. The smallest absolute Gasteiger partial charge is 0.245 e. The highest BCUT2D eigenvalue weighted by Crippen LogP contribution is 2.22. The zero-order valence-electron chi connectivity index (χ0n) is 11.7. The van der Waals surface area contributed by atoms with Crippen LogP contribution in [-0.4, -0.2) is 30.7 Å². The van der Waals surface area contributed by atoms with Gasteiger partial charge in [0.15, 0.2) is 0 Å². The number of hydrogen-bond acceptors (Lipinski definition) is 2. The highest BCUT2D eigenvalue weighted by atomic mass is 16.5. The maximum Gasteiger partial charge on any atom is 0.245 e. The number of methoxy groups -OCH3 is 1. The van der Waals surface area contributed by atoms with Crippen molar-refractivity contribution in [2.75, 3.05) is 20.3 Å². The molecule has 19 heavy (non-hydrogen) atoms. The molecule has 0 atom stereocenters. The standard InChI is InChI=1S/C15H20N2O2/c1-11-4-5-14-13(8-11)12(9-17(14)2)6-7-16-15(18)10-19-3/h4-5,8-9H,6-7,10H2,1-3H3,(H,16,18). The van der Waals surface area contributed by atoms with Crippen molar-refractivity contribution in [3.05, 3.63) is 35.5 Å². The van der Waals surface area contributed by atoms with E-state index in [1.54, 1.807) is 0 Å². The summed E-state index contributed by atoms with van der Waals surface area (Å²) in [5, 5.41) is 4.11. The molecule has 1 aromatic carbocycles. The number of carbonyl (C=O) groups is 1. The summed E-state index contributed by atoms with van der Waals surface area (Å²) in [5.74, 6) is -0.0704. The van der Waals surface area contributed by atoms with Gasteiger partial charge in [0.2, 0.25) is 5.91 Å². The van der Waals surface area contributed by atoms with E-state index in [9.17, 15) is 4.79 Å². The second-order valence-electron chi connectivity index (χ2n) is 4.82. The Kier molecular flexibility index (Phi) is 4.22. The van der Waals surface area contributed by atoms with Gasteiger partial charge in [-0.1, -0.05) is 11.6 Å². The monoisotopic (exact) mass is 260 g/mol. The van der Waals surface area contributed by atoms with Crippen LogP contribution in [0.3, 0.4) is 0 Å². The Balaban J connectivity index is 2.08. The summed E-state index contributed by atoms with van der Waals surface area (Å²) in [5.41, 5.74) is 3.74. The minimum atomic E-state index is -0.0704. The van der Waals surface area contributed by atoms with Crippen LogP contribution >= 0.6 is 0 Å². The van der Waals surface area contributed by atoms with Crippen LogP contribution in [0.4, 0.5) is 0 Å². The maximum atomic E-state index is 11.3. The van der Waals surface area contributed by atoms with E-state index >= 15 is 0 Å². The normalized spacial score (nSPS) is 10.9. The average Bonchev–Trinajstić information content (AvgIpc) is 2.66. The molecular formula is C15H20N2O2. The molecule has 0 aliphatic heterocycles. The molecule has 1 N–H and O–H groups in total. The van der Waals surface area contributed by atoms with Crippen LogP contribution in [-0.2, 0) is 23.0 Å². The molecule has 1 amide bonds. The van der Waals surface area contributed by atoms with Gasteiger partial charge in [0.1, 0.15) is 6.61 Å². The second-order valence-corrected chi connectivity index (χ2v) is 4.82. The lowest BCUT2D eigenvalue weighted by Gasteiger charge is -2.04. The van der Waals surface area contributed by atoms with E-state index in [0.717, 1.165) is 6.42 Å². The van der Waals surface area contributed by atoms with Crippen LogP contribution in [0.25, 0.3) is 10.9 Å². The molecule has 1 aromatic heterocycles. The number of carbonyl (C=O) groups excluding carboxylic acids is 1. The second kappa shape index (κ2) is 5.89. The van der Waals surface area contributed by atoms with E-state index in [2.05, 4.69) is 41.2 Å². The molecule has 0 saturated heterocycles. The summed E-state index contributed by atoms with van der Waals surface area (Å²) in [6, 6.07) is 6.45. The first-order valence-corrected chi connectivity index (χ1v) is 6.42. The van der Waals surface area contributed by atoms with Crippen molar-refractivity contribution in [1.82, 2.24) is 9.88 Å². The van der Waals surface area contributed by atoms with E-state index in [-0.39, 0.29) is 12.5 Å². The Labute approximate surface area is 113 Å².